The predicted molar refractivity (Wildman–Crippen MR) is 67.3 cm³/mol. The van der Waals surface area contributed by atoms with E-state index in [0.717, 1.165) is 6.07 Å². The highest BCUT2D eigenvalue weighted by atomic mass is 32.2. The lowest BCUT2D eigenvalue weighted by Gasteiger charge is -2.06. The van der Waals surface area contributed by atoms with Crippen LogP contribution in [0.5, 0.6) is 0 Å². The van der Waals surface area contributed by atoms with Crippen LogP contribution in [0.1, 0.15) is 10.6 Å². The number of nitrogens with one attached hydrogen (secondary N) is 1. The summed E-state index contributed by atoms with van der Waals surface area (Å²) in [4.78, 5) is 4.03. The van der Waals surface area contributed by atoms with Gasteiger partial charge in [0.25, 0.3) is 0 Å². The number of aromatic nitrogens is 1. The summed E-state index contributed by atoms with van der Waals surface area (Å²) in [6.07, 6.45) is 1.61. The fourth-order valence-corrected chi connectivity index (χ4v) is 3.08. The van der Waals surface area contributed by atoms with E-state index in [4.69, 9.17) is 0 Å². The second-order valence-corrected chi connectivity index (χ2v) is 6.41. The molecule has 96 valence electrons. The highest BCUT2D eigenvalue weighted by molar-refractivity contribution is 7.89. The minimum Gasteiger partial charge on any atom is -0.248 e. The predicted octanol–water partition coefficient (Wildman–Crippen LogP) is 2.07. The highest BCUT2D eigenvalue weighted by Gasteiger charge is 2.15. The molecule has 0 aliphatic rings. The molecule has 1 aromatic carbocycles. The van der Waals surface area contributed by atoms with Gasteiger partial charge in [0.1, 0.15) is 10.8 Å². The Balaban J connectivity index is 2.17. The van der Waals surface area contributed by atoms with Crippen LogP contribution in [0.15, 0.2) is 34.7 Å². The maximum atomic E-state index is 13.1. The van der Waals surface area contributed by atoms with Crippen molar-refractivity contribution in [2.24, 2.45) is 0 Å². The number of halogens is 1. The van der Waals surface area contributed by atoms with E-state index in [-0.39, 0.29) is 11.4 Å². The molecule has 2 aromatic rings. The van der Waals surface area contributed by atoms with Crippen molar-refractivity contribution in [2.75, 3.05) is 0 Å². The third kappa shape index (κ3) is 2.92. The topological polar surface area (TPSA) is 59.1 Å². The van der Waals surface area contributed by atoms with Crippen molar-refractivity contribution >= 4 is 21.4 Å². The van der Waals surface area contributed by atoms with Crippen LogP contribution in [-0.2, 0) is 16.6 Å². The molecule has 0 radical (unpaired) electrons. The van der Waals surface area contributed by atoms with E-state index in [2.05, 4.69) is 9.71 Å². The molecule has 0 saturated carbocycles. The molecule has 7 heteroatoms. The normalized spacial score (nSPS) is 11.7. The lowest BCUT2D eigenvalue weighted by Crippen LogP contribution is -2.23. The molecule has 0 unspecified atom stereocenters. The van der Waals surface area contributed by atoms with E-state index in [9.17, 15) is 12.8 Å². The maximum absolute atomic E-state index is 13.1. The van der Waals surface area contributed by atoms with Gasteiger partial charge in [-0.3, -0.25) is 0 Å². The molecular weight excluding hydrogens is 275 g/mol. The van der Waals surface area contributed by atoms with Gasteiger partial charge >= 0.3 is 0 Å². The molecule has 0 spiro atoms. The zero-order chi connectivity index (χ0) is 13.2. The van der Waals surface area contributed by atoms with Crippen LogP contribution in [0, 0.1) is 12.7 Å². The van der Waals surface area contributed by atoms with Gasteiger partial charge < -0.3 is 0 Å². The molecule has 4 nitrogen and oxygen atoms in total. The first-order valence-electron chi connectivity index (χ1n) is 5.13. The summed E-state index contributed by atoms with van der Waals surface area (Å²) in [6, 6.07) is 3.69. The van der Waals surface area contributed by atoms with Crippen molar-refractivity contribution in [3.8, 4) is 0 Å². The number of nitrogens with zero attached hydrogens (tertiary/aromatic N) is 1. The Morgan fingerprint density at radius 2 is 2.22 bits per heavy atom. The van der Waals surface area contributed by atoms with Gasteiger partial charge in [0.15, 0.2) is 0 Å². The molecule has 0 fully saturated rings. The van der Waals surface area contributed by atoms with Crippen molar-refractivity contribution in [2.45, 2.75) is 18.4 Å². The second kappa shape index (κ2) is 5.13. The lowest BCUT2D eigenvalue weighted by atomic mass is 10.2. The minimum atomic E-state index is -3.63. The number of aryl methyl sites for hydroxylation is 1. The number of thiazole rings is 1. The monoisotopic (exact) mass is 286 g/mol. The van der Waals surface area contributed by atoms with Gasteiger partial charge in [-0.25, -0.2) is 22.5 Å². The first kappa shape index (κ1) is 13.1. The van der Waals surface area contributed by atoms with Gasteiger partial charge in [0, 0.05) is 11.6 Å². The molecule has 0 bridgehead atoms. The maximum Gasteiger partial charge on any atom is 0.240 e. The van der Waals surface area contributed by atoms with E-state index >= 15 is 0 Å². The third-order valence-corrected chi connectivity index (χ3v) is 4.52. The number of rotatable bonds is 4. The SMILES string of the molecule is Cc1cc(S(=O)(=O)NCc2nccs2)ccc1F. The number of hydrogen-bond donors (Lipinski definition) is 1. The standard InChI is InChI=1S/C11H11FN2O2S2/c1-8-6-9(2-3-10(8)12)18(15,16)14-7-11-13-4-5-17-11/h2-6,14H,7H2,1H3. The van der Waals surface area contributed by atoms with E-state index in [1.807, 2.05) is 0 Å². The summed E-state index contributed by atoms with van der Waals surface area (Å²) in [5, 5.41) is 2.45. The summed E-state index contributed by atoms with van der Waals surface area (Å²) in [6.45, 7) is 1.66. The van der Waals surface area contributed by atoms with Crippen molar-refractivity contribution in [1.29, 1.82) is 0 Å². The Bertz CT molecular complexity index is 639. The number of sulfonamides is 1. The quantitative estimate of drug-likeness (QED) is 0.936. The average Bonchev–Trinajstić information content (AvgIpc) is 2.83. The molecule has 0 amide bonds. The van der Waals surface area contributed by atoms with E-state index in [0.29, 0.717) is 10.6 Å². The molecule has 0 aliphatic carbocycles. The van der Waals surface area contributed by atoms with E-state index in [1.165, 1.54) is 30.4 Å². The number of benzene rings is 1. The first-order chi connectivity index (χ1) is 8.49. The molecular formula is C11H11FN2O2S2. The van der Waals surface area contributed by atoms with Gasteiger partial charge in [-0.2, -0.15) is 0 Å². The Kier molecular flexibility index (Phi) is 3.74. The Hall–Kier alpha value is -1.31. The van der Waals surface area contributed by atoms with Crippen LogP contribution in [-0.4, -0.2) is 13.4 Å². The largest absolute Gasteiger partial charge is 0.248 e. The third-order valence-electron chi connectivity index (χ3n) is 2.34. The molecule has 2 rings (SSSR count). The van der Waals surface area contributed by atoms with E-state index in [1.54, 1.807) is 11.6 Å². The molecule has 1 aromatic heterocycles. The minimum absolute atomic E-state index is 0.0537. The Labute approximate surface area is 109 Å². The summed E-state index contributed by atoms with van der Waals surface area (Å²) >= 11 is 1.37. The van der Waals surface area contributed by atoms with Gasteiger partial charge in [-0.05, 0) is 30.7 Å². The van der Waals surface area contributed by atoms with Gasteiger partial charge in [0.05, 0.1) is 11.4 Å². The molecule has 0 saturated heterocycles. The van der Waals surface area contributed by atoms with E-state index < -0.39 is 15.8 Å². The number of hydrogen-bond acceptors (Lipinski definition) is 4. The smallest absolute Gasteiger partial charge is 0.240 e. The average molecular weight is 286 g/mol. The fourth-order valence-electron chi connectivity index (χ4n) is 1.36. The van der Waals surface area contributed by atoms with Crippen LogP contribution < -0.4 is 4.72 Å². The van der Waals surface area contributed by atoms with Crippen molar-refractivity contribution in [1.82, 2.24) is 9.71 Å². The zero-order valence-electron chi connectivity index (χ0n) is 9.55. The van der Waals surface area contributed by atoms with Crippen molar-refractivity contribution in [3.63, 3.8) is 0 Å². The van der Waals surface area contributed by atoms with Gasteiger partial charge in [-0.15, -0.1) is 11.3 Å². The zero-order valence-corrected chi connectivity index (χ0v) is 11.2. The first-order valence-corrected chi connectivity index (χ1v) is 7.49. The highest BCUT2D eigenvalue weighted by Crippen LogP contribution is 2.14. The summed E-state index contributed by atoms with van der Waals surface area (Å²) in [5.74, 6) is -0.422. The van der Waals surface area contributed by atoms with Crippen molar-refractivity contribution < 1.29 is 12.8 Å². The summed E-state index contributed by atoms with van der Waals surface area (Å²) in [5.41, 5.74) is 0.298. The van der Waals surface area contributed by atoms with Gasteiger partial charge in [-0.1, -0.05) is 0 Å². The molecule has 18 heavy (non-hydrogen) atoms. The summed E-state index contributed by atoms with van der Waals surface area (Å²) in [7, 11) is -3.63. The van der Waals surface area contributed by atoms with Crippen LogP contribution in [0.4, 0.5) is 4.39 Å². The van der Waals surface area contributed by atoms with Gasteiger partial charge in [0.2, 0.25) is 10.0 Å². The fraction of sp³-hybridized carbons (Fsp3) is 0.182. The molecule has 0 atom stereocenters. The molecule has 1 heterocycles. The van der Waals surface area contributed by atoms with Crippen LogP contribution in [0.25, 0.3) is 0 Å². The molecule has 1 N–H and O–H groups in total. The van der Waals surface area contributed by atoms with Crippen LogP contribution in [0.2, 0.25) is 0 Å². The second-order valence-electron chi connectivity index (χ2n) is 3.66. The Morgan fingerprint density at radius 3 is 2.83 bits per heavy atom. The lowest BCUT2D eigenvalue weighted by molar-refractivity contribution is 0.579. The Morgan fingerprint density at radius 1 is 1.44 bits per heavy atom. The van der Waals surface area contributed by atoms with Crippen LogP contribution in [0.3, 0.4) is 0 Å². The molecule has 0 aliphatic heterocycles. The van der Waals surface area contributed by atoms with Crippen LogP contribution >= 0.6 is 11.3 Å². The van der Waals surface area contributed by atoms with Crippen molar-refractivity contribution in [3.05, 3.63) is 46.2 Å². The summed E-state index contributed by atoms with van der Waals surface area (Å²) < 4.78 is 39.4.